The molecule has 0 aliphatic carbocycles. The quantitative estimate of drug-likeness (QED) is 0.802. The van der Waals surface area contributed by atoms with Crippen LogP contribution in [0.15, 0.2) is 48.5 Å². The lowest BCUT2D eigenvalue weighted by Crippen LogP contribution is -2.30. The zero-order valence-electron chi connectivity index (χ0n) is 12.9. The number of nitrogens with one attached hydrogen (secondary N) is 1. The molecule has 2 aromatic carbocycles. The van der Waals surface area contributed by atoms with Crippen LogP contribution in [0.25, 0.3) is 0 Å². The van der Waals surface area contributed by atoms with Crippen LogP contribution in [0.2, 0.25) is 0 Å². The fraction of sp³-hybridized carbons (Fsp3) is 0.222. The first-order valence-corrected chi connectivity index (χ1v) is 7.34. The Labute approximate surface area is 134 Å². The van der Waals surface area contributed by atoms with Crippen molar-refractivity contribution in [1.29, 1.82) is 0 Å². The molecule has 0 aliphatic rings. The minimum atomic E-state index is -0.725. The van der Waals surface area contributed by atoms with Gasteiger partial charge in [-0.2, -0.15) is 0 Å². The lowest BCUT2D eigenvalue weighted by atomic mass is 10.1. The second-order valence-corrected chi connectivity index (χ2v) is 5.12. The molecule has 5 heteroatoms. The van der Waals surface area contributed by atoms with Crippen LogP contribution in [0.4, 0.5) is 0 Å². The summed E-state index contributed by atoms with van der Waals surface area (Å²) >= 11 is 0. The molecule has 0 radical (unpaired) electrons. The van der Waals surface area contributed by atoms with E-state index in [0.29, 0.717) is 13.0 Å². The van der Waals surface area contributed by atoms with Gasteiger partial charge in [0.2, 0.25) is 0 Å². The lowest BCUT2D eigenvalue weighted by molar-refractivity contribution is -0.124. The molecule has 5 nitrogen and oxygen atoms in total. The van der Waals surface area contributed by atoms with Crippen molar-refractivity contribution in [1.82, 2.24) is 5.32 Å². The molecular weight excluding hydrogens is 294 g/mol. The van der Waals surface area contributed by atoms with Crippen LogP contribution in [0, 0.1) is 6.92 Å². The number of aryl methyl sites for hydroxylation is 1. The maximum atomic E-state index is 11.7. The second kappa shape index (κ2) is 7.98. The van der Waals surface area contributed by atoms with Crippen molar-refractivity contribution in [3.05, 3.63) is 65.2 Å². The predicted octanol–water partition coefficient (Wildman–Crippen LogP) is 2.22. The van der Waals surface area contributed by atoms with Gasteiger partial charge in [-0.15, -0.1) is 0 Å². The van der Waals surface area contributed by atoms with Crippen molar-refractivity contribution in [2.45, 2.75) is 13.3 Å². The minimum Gasteiger partial charge on any atom is -0.507 e. The van der Waals surface area contributed by atoms with Gasteiger partial charge < -0.3 is 15.2 Å². The summed E-state index contributed by atoms with van der Waals surface area (Å²) < 4.78 is 4.89. The van der Waals surface area contributed by atoms with Crippen LogP contribution >= 0.6 is 0 Å². The summed E-state index contributed by atoms with van der Waals surface area (Å²) in [6.07, 6.45) is 0.714. The van der Waals surface area contributed by atoms with Gasteiger partial charge in [0.25, 0.3) is 5.91 Å². The average Bonchev–Trinajstić information content (AvgIpc) is 2.55. The van der Waals surface area contributed by atoms with E-state index >= 15 is 0 Å². The molecule has 120 valence electrons. The smallest absolute Gasteiger partial charge is 0.342 e. The van der Waals surface area contributed by atoms with E-state index in [1.165, 1.54) is 23.3 Å². The zero-order chi connectivity index (χ0) is 16.7. The van der Waals surface area contributed by atoms with E-state index in [4.69, 9.17) is 4.74 Å². The summed E-state index contributed by atoms with van der Waals surface area (Å²) in [7, 11) is 0. The van der Waals surface area contributed by atoms with Gasteiger partial charge in [0.1, 0.15) is 11.3 Å². The maximum Gasteiger partial charge on any atom is 0.342 e. The first-order chi connectivity index (χ1) is 11.1. The fourth-order valence-electron chi connectivity index (χ4n) is 2.13. The van der Waals surface area contributed by atoms with Crippen LogP contribution in [-0.4, -0.2) is 30.1 Å². The molecule has 0 fully saturated rings. The van der Waals surface area contributed by atoms with Crippen molar-refractivity contribution in [2.75, 3.05) is 13.2 Å². The number of ether oxygens (including phenoxy) is 1. The van der Waals surface area contributed by atoms with Crippen molar-refractivity contribution in [3.8, 4) is 5.75 Å². The number of hydrogen-bond acceptors (Lipinski definition) is 4. The molecule has 2 N–H and O–H groups in total. The summed E-state index contributed by atoms with van der Waals surface area (Å²) in [6, 6.07) is 14.0. The maximum absolute atomic E-state index is 11.7. The van der Waals surface area contributed by atoms with Gasteiger partial charge in [-0.25, -0.2) is 4.79 Å². The highest BCUT2D eigenvalue weighted by Gasteiger charge is 2.13. The summed E-state index contributed by atoms with van der Waals surface area (Å²) in [5, 5.41) is 12.2. The van der Waals surface area contributed by atoms with Crippen LogP contribution < -0.4 is 5.32 Å². The Morgan fingerprint density at radius 2 is 1.78 bits per heavy atom. The van der Waals surface area contributed by atoms with Gasteiger partial charge in [-0.1, -0.05) is 36.4 Å². The average molecular weight is 313 g/mol. The number of rotatable bonds is 6. The number of amides is 1. The Bertz CT molecular complexity index is 697. The third-order valence-corrected chi connectivity index (χ3v) is 3.44. The standard InChI is InChI=1S/C18H19NO4/c1-13-6-2-3-7-14(13)10-11-19-17(21)12-23-18(22)15-8-4-5-9-16(15)20/h2-9,20H,10-12H2,1H3,(H,19,21). The number of carbonyl (C=O) groups excluding carboxylic acids is 2. The fourth-order valence-corrected chi connectivity index (χ4v) is 2.13. The first-order valence-electron chi connectivity index (χ1n) is 7.34. The van der Waals surface area contributed by atoms with E-state index in [1.54, 1.807) is 12.1 Å². The molecule has 0 atom stereocenters. The van der Waals surface area contributed by atoms with Crippen LogP contribution in [0.1, 0.15) is 21.5 Å². The van der Waals surface area contributed by atoms with Crippen LogP contribution in [0.3, 0.4) is 0 Å². The molecule has 0 saturated carbocycles. The predicted molar refractivity (Wildman–Crippen MR) is 86.3 cm³/mol. The number of para-hydroxylation sites is 1. The Hall–Kier alpha value is -2.82. The molecule has 23 heavy (non-hydrogen) atoms. The molecule has 0 heterocycles. The highest BCUT2D eigenvalue weighted by molar-refractivity contribution is 5.93. The normalized spacial score (nSPS) is 10.1. The number of aromatic hydroxyl groups is 1. The zero-order valence-corrected chi connectivity index (χ0v) is 12.9. The monoisotopic (exact) mass is 313 g/mol. The van der Waals surface area contributed by atoms with E-state index in [-0.39, 0.29) is 23.8 Å². The van der Waals surface area contributed by atoms with Crippen molar-refractivity contribution in [2.24, 2.45) is 0 Å². The first kappa shape index (κ1) is 16.5. The number of carbonyl (C=O) groups is 2. The molecule has 0 bridgehead atoms. The Balaban J connectivity index is 1.74. The van der Waals surface area contributed by atoms with Crippen molar-refractivity contribution < 1.29 is 19.4 Å². The van der Waals surface area contributed by atoms with Gasteiger partial charge in [0, 0.05) is 6.54 Å². The molecule has 0 unspecified atom stereocenters. The third-order valence-electron chi connectivity index (χ3n) is 3.44. The molecule has 0 saturated heterocycles. The van der Waals surface area contributed by atoms with Gasteiger partial charge in [-0.05, 0) is 36.6 Å². The number of phenols is 1. The summed E-state index contributed by atoms with van der Waals surface area (Å²) in [4.78, 5) is 23.4. The topological polar surface area (TPSA) is 75.6 Å². The number of phenolic OH excluding ortho intramolecular Hbond substituents is 1. The lowest BCUT2D eigenvalue weighted by Gasteiger charge is -2.08. The van der Waals surface area contributed by atoms with Gasteiger partial charge >= 0.3 is 5.97 Å². The Kier molecular flexibility index (Phi) is 5.74. The van der Waals surface area contributed by atoms with E-state index in [0.717, 1.165) is 0 Å². The van der Waals surface area contributed by atoms with E-state index < -0.39 is 5.97 Å². The number of benzene rings is 2. The van der Waals surface area contributed by atoms with Gasteiger partial charge in [-0.3, -0.25) is 4.79 Å². The summed E-state index contributed by atoms with van der Waals surface area (Å²) in [6.45, 7) is 2.12. The molecule has 1 amide bonds. The third kappa shape index (κ3) is 4.85. The van der Waals surface area contributed by atoms with Crippen molar-refractivity contribution in [3.63, 3.8) is 0 Å². The molecule has 2 rings (SSSR count). The molecular formula is C18H19NO4. The summed E-state index contributed by atoms with van der Waals surface area (Å²) in [5.74, 6) is -1.27. The highest BCUT2D eigenvalue weighted by Crippen LogP contribution is 2.16. The van der Waals surface area contributed by atoms with E-state index in [9.17, 15) is 14.7 Å². The van der Waals surface area contributed by atoms with Gasteiger partial charge in [0.05, 0.1) is 0 Å². The second-order valence-electron chi connectivity index (χ2n) is 5.12. The minimum absolute atomic E-state index is 0.0419. The Morgan fingerprint density at radius 3 is 2.52 bits per heavy atom. The van der Waals surface area contributed by atoms with Crippen molar-refractivity contribution >= 4 is 11.9 Å². The van der Waals surface area contributed by atoms with Crippen LogP contribution in [0.5, 0.6) is 5.75 Å². The number of hydrogen-bond donors (Lipinski definition) is 2. The molecule has 0 aromatic heterocycles. The van der Waals surface area contributed by atoms with E-state index in [1.807, 2.05) is 31.2 Å². The summed E-state index contributed by atoms with van der Waals surface area (Å²) in [5.41, 5.74) is 2.38. The number of esters is 1. The van der Waals surface area contributed by atoms with Crippen LogP contribution in [-0.2, 0) is 16.0 Å². The molecule has 2 aromatic rings. The Morgan fingerprint density at radius 1 is 1.09 bits per heavy atom. The largest absolute Gasteiger partial charge is 0.507 e. The SMILES string of the molecule is Cc1ccccc1CCNC(=O)COC(=O)c1ccccc1O. The molecule has 0 aliphatic heterocycles. The van der Waals surface area contributed by atoms with Gasteiger partial charge in [0.15, 0.2) is 6.61 Å². The van der Waals surface area contributed by atoms with E-state index in [2.05, 4.69) is 5.32 Å². The molecule has 0 spiro atoms. The highest BCUT2D eigenvalue weighted by atomic mass is 16.5.